The van der Waals surface area contributed by atoms with Gasteiger partial charge in [0.2, 0.25) is 0 Å². The quantitative estimate of drug-likeness (QED) is 0.623. The lowest BCUT2D eigenvalue weighted by Gasteiger charge is -2.15. The van der Waals surface area contributed by atoms with Crippen molar-refractivity contribution in [2.24, 2.45) is 0 Å². The summed E-state index contributed by atoms with van der Waals surface area (Å²) in [5, 5.41) is 2.78. The normalized spacial score (nSPS) is 11.5. The Labute approximate surface area is 136 Å². The van der Waals surface area contributed by atoms with E-state index in [-0.39, 0.29) is 5.91 Å². The zero-order valence-corrected chi connectivity index (χ0v) is 13.5. The Hall–Kier alpha value is -1.89. The van der Waals surface area contributed by atoms with Crippen LogP contribution in [0.4, 0.5) is 5.69 Å². The van der Waals surface area contributed by atoms with E-state index in [9.17, 15) is 9.59 Å². The maximum Gasteiger partial charge on any atom is 0.265 e. The van der Waals surface area contributed by atoms with Gasteiger partial charge in [-0.25, -0.2) is 0 Å². The maximum absolute atomic E-state index is 12.0. The fourth-order valence-corrected chi connectivity index (χ4v) is 2.06. The predicted molar refractivity (Wildman–Crippen MR) is 89.7 cm³/mol. The van der Waals surface area contributed by atoms with Gasteiger partial charge in [0.15, 0.2) is 6.10 Å². The molecule has 108 valence electrons. The fourth-order valence-electron chi connectivity index (χ4n) is 1.70. The molecule has 0 aromatic heterocycles. The van der Waals surface area contributed by atoms with Crippen LogP contribution in [0.3, 0.4) is 0 Å². The highest BCUT2D eigenvalue weighted by Crippen LogP contribution is 2.15. The molecular weight excluding hydrogens is 381 g/mol. The molecule has 0 aliphatic rings. The number of halogens is 1. The maximum atomic E-state index is 12.0. The Morgan fingerprint density at radius 2 is 1.95 bits per heavy atom. The van der Waals surface area contributed by atoms with Crippen LogP contribution < -0.4 is 10.1 Å². The van der Waals surface area contributed by atoms with E-state index >= 15 is 0 Å². The number of nitrogens with one attached hydrogen (secondary N) is 1. The summed E-state index contributed by atoms with van der Waals surface area (Å²) in [6, 6.07) is 14.2. The molecule has 0 bridgehead atoms. The number of carbonyl (C=O) groups excluding carboxylic acids is 2. The first-order chi connectivity index (χ1) is 10.1. The van der Waals surface area contributed by atoms with Crippen molar-refractivity contribution in [3.05, 3.63) is 57.7 Å². The molecule has 0 aliphatic carbocycles. The predicted octanol–water partition coefficient (Wildman–Crippen LogP) is 3.51. The van der Waals surface area contributed by atoms with E-state index in [1.165, 1.54) is 0 Å². The lowest BCUT2D eigenvalue weighted by atomic mass is 10.2. The number of aldehydes is 1. The molecule has 0 fully saturated rings. The van der Waals surface area contributed by atoms with Crippen molar-refractivity contribution in [3.63, 3.8) is 0 Å². The van der Waals surface area contributed by atoms with Crippen LogP contribution in [-0.2, 0) is 4.79 Å². The lowest BCUT2D eigenvalue weighted by molar-refractivity contribution is -0.122. The summed E-state index contributed by atoms with van der Waals surface area (Å²) in [5.74, 6) is 0.248. The van der Waals surface area contributed by atoms with E-state index < -0.39 is 6.10 Å². The molecule has 2 aromatic carbocycles. The van der Waals surface area contributed by atoms with E-state index in [0.29, 0.717) is 11.3 Å². The smallest absolute Gasteiger partial charge is 0.265 e. The number of amides is 1. The second kappa shape index (κ2) is 7.21. The molecule has 0 aliphatic heterocycles. The zero-order chi connectivity index (χ0) is 15.2. The van der Waals surface area contributed by atoms with Crippen LogP contribution in [0.5, 0.6) is 5.75 Å². The molecule has 4 nitrogen and oxygen atoms in total. The third-order valence-corrected chi connectivity index (χ3v) is 3.51. The van der Waals surface area contributed by atoms with Gasteiger partial charge in [-0.15, -0.1) is 0 Å². The van der Waals surface area contributed by atoms with Crippen LogP contribution in [-0.4, -0.2) is 18.3 Å². The number of anilines is 1. The largest absolute Gasteiger partial charge is 0.481 e. The van der Waals surface area contributed by atoms with Crippen molar-refractivity contribution in [1.29, 1.82) is 0 Å². The Morgan fingerprint density at radius 1 is 1.24 bits per heavy atom. The number of ether oxygens (including phenoxy) is 1. The van der Waals surface area contributed by atoms with E-state index in [2.05, 4.69) is 27.9 Å². The second-order valence-corrected chi connectivity index (χ2v) is 5.69. The third kappa shape index (κ3) is 4.56. The van der Waals surface area contributed by atoms with Gasteiger partial charge in [-0.2, -0.15) is 0 Å². The molecule has 1 N–H and O–H groups in total. The first-order valence-electron chi connectivity index (χ1n) is 6.37. The average Bonchev–Trinajstić information content (AvgIpc) is 2.49. The summed E-state index contributed by atoms with van der Waals surface area (Å²) in [5.41, 5.74) is 1.23. The highest BCUT2D eigenvalue weighted by Gasteiger charge is 2.15. The number of benzene rings is 2. The van der Waals surface area contributed by atoms with Gasteiger partial charge in [0.05, 0.1) is 0 Å². The number of hydrogen-bond donors (Lipinski definition) is 1. The van der Waals surface area contributed by atoms with Crippen LogP contribution in [0.15, 0.2) is 48.5 Å². The highest BCUT2D eigenvalue weighted by atomic mass is 127. The minimum Gasteiger partial charge on any atom is -0.481 e. The molecule has 0 radical (unpaired) electrons. The van der Waals surface area contributed by atoms with Gasteiger partial charge in [0.1, 0.15) is 12.0 Å². The van der Waals surface area contributed by atoms with Crippen LogP contribution in [0.25, 0.3) is 0 Å². The summed E-state index contributed by atoms with van der Waals surface area (Å²) in [4.78, 5) is 22.8. The molecule has 5 heteroatoms. The topological polar surface area (TPSA) is 55.4 Å². The molecular formula is C16H14INO3. The fraction of sp³-hybridized carbons (Fsp3) is 0.125. The Morgan fingerprint density at radius 3 is 2.62 bits per heavy atom. The van der Waals surface area contributed by atoms with Crippen molar-refractivity contribution < 1.29 is 14.3 Å². The SMILES string of the molecule is C[C@@H](Oc1cccc(C=O)c1)C(=O)Nc1ccc(I)cc1. The summed E-state index contributed by atoms with van der Waals surface area (Å²) >= 11 is 2.20. The van der Waals surface area contributed by atoms with Crippen LogP contribution >= 0.6 is 22.6 Å². The van der Waals surface area contributed by atoms with Gasteiger partial charge in [-0.05, 0) is 65.9 Å². The van der Waals surface area contributed by atoms with E-state index in [4.69, 9.17) is 4.74 Å². The molecule has 1 atom stereocenters. The van der Waals surface area contributed by atoms with Crippen molar-refractivity contribution in [1.82, 2.24) is 0 Å². The van der Waals surface area contributed by atoms with Crippen molar-refractivity contribution in [2.45, 2.75) is 13.0 Å². The van der Waals surface area contributed by atoms with Gasteiger partial charge >= 0.3 is 0 Å². The second-order valence-electron chi connectivity index (χ2n) is 4.45. The molecule has 0 spiro atoms. The van der Waals surface area contributed by atoms with Gasteiger partial charge in [-0.3, -0.25) is 9.59 Å². The first-order valence-corrected chi connectivity index (χ1v) is 7.44. The van der Waals surface area contributed by atoms with Crippen LogP contribution in [0, 0.1) is 3.57 Å². The van der Waals surface area contributed by atoms with Crippen molar-refractivity contribution >= 4 is 40.5 Å². The van der Waals surface area contributed by atoms with Crippen molar-refractivity contribution in [2.75, 3.05) is 5.32 Å². The third-order valence-electron chi connectivity index (χ3n) is 2.79. The number of hydrogen-bond acceptors (Lipinski definition) is 3. The highest BCUT2D eigenvalue weighted by molar-refractivity contribution is 14.1. The van der Waals surface area contributed by atoms with Gasteiger partial charge < -0.3 is 10.1 Å². The summed E-state index contributed by atoms with van der Waals surface area (Å²) in [6.45, 7) is 1.66. The molecule has 0 saturated heterocycles. The van der Waals surface area contributed by atoms with Gasteiger partial charge in [0, 0.05) is 14.8 Å². The molecule has 1 amide bonds. The monoisotopic (exact) mass is 395 g/mol. The molecule has 21 heavy (non-hydrogen) atoms. The molecule has 0 heterocycles. The Bertz CT molecular complexity index is 640. The Kier molecular flexibility index (Phi) is 5.32. The van der Waals surface area contributed by atoms with Gasteiger partial charge in [-0.1, -0.05) is 12.1 Å². The van der Waals surface area contributed by atoms with Gasteiger partial charge in [0.25, 0.3) is 5.91 Å². The molecule has 0 unspecified atom stereocenters. The molecule has 2 aromatic rings. The summed E-state index contributed by atoms with van der Waals surface area (Å²) in [7, 11) is 0. The van der Waals surface area contributed by atoms with Crippen molar-refractivity contribution in [3.8, 4) is 5.75 Å². The molecule has 2 rings (SSSR count). The average molecular weight is 395 g/mol. The Balaban J connectivity index is 1.98. The number of rotatable bonds is 5. The number of carbonyl (C=O) groups is 2. The van der Waals surface area contributed by atoms with E-state index in [0.717, 1.165) is 15.5 Å². The van der Waals surface area contributed by atoms with Crippen LogP contribution in [0.2, 0.25) is 0 Å². The zero-order valence-electron chi connectivity index (χ0n) is 11.4. The lowest BCUT2D eigenvalue weighted by Crippen LogP contribution is -2.30. The molecule has 0 saturated carbocycles. The minimum atomic E-state index is -0.661. The summed E-state index contributed by atoms with van der Waals surface area (Å²) in [6.07, 6.45) is 0.0783. The minimum absolute atomic E-state index is 0.243. The van der Waals surface area contributed by atoms with E-state index in [1.54, 1.807) is 31.2 Å². The summed E-state index contributed by atoms with van der Waals surface area (Å²) < 4.78 is 6.64. The van der Waals surface area contributed by atoms with E-state index in [1.807, 2.05) is 24.3 Å². The van der Waals surface area contributed by atoms with Crippen LogP contribution in [0.1, 0.15) is 17.3 Å². The standard InChI is InChI=1S/C16H14INO3/c1-11(21-15-4-2-3-12(9-15)10-19)16(20)18-14-7-5-13(17)6-8-14/h2-11H,1H3,(H,18,20)/t11-/m1/s1. The first kappa shape index (κ1) is 15.5.